The molecule has 0 spiro atoms. The first-order valence-corrected chi connectivity index (χ1v) is 12.6. The largest absolute Gasteiger partial charge is 0.480 e. The fraction of sp³-hybridized carbons (Fsp3) is 0.250. The number of aliphatic imine (C=N–C) groups is 1. The van der Waals surface area contributed by atoms with E-state index < -0.39 is 40.0 Å². The molecule has 3 aromatic rings. The lowest BCUT2D eigenvalue weighted by atomic mass is 10.1. The first-order valence-electron chi connectivity index (χ1n) is 11.1. The maximum Gasteiger partial charge on any atom is 0.323 e. The number of nitrogens with two attached hydrogens (primary N) is 2. The summed E-state index contributed by atoms with van der Waals surface area (Å²) in [7, 11) is -4.21. The normalized spacial score (nSPS) is 12.2. The molecule has 13 heteroatoms. The third-order valence-electron chi connectivity index (χ3n) is 5.50. The molecule has 2 aromatic heterocycles. The van der Waals surface area contributed by atoms with Gasteiger partial charge in [-0.2, -0.15) is 4.72 Å². The summed E-state index contributed by atoms with van der Waals surface area (Å²) < 4.78 is 29.4. The molecule has 2 heterocycles. The summed E-state index contributed by atoms with van der Waals surface area (Å²) in [6, 6.07) is 7.55. The Labute approximate surface area is 213 Å². The molecule has 0 aliphatic heterocycles. The van der Waals surface area contributed by atoms with Crippen molar-refractivity contribution in [2.45, 2.75) is 38.3 Å². The van der Waals surface area contributed by atoms with Crippen LogP contribution in [0.3, 0.4) is 0 Å². The van der Waals surface area contributed by atoms with Crippen LogP contribution in [-0.4, -0.2) is 48.3 Å². The number of carbonyl (C=O) groups excluding carboxylic acids is 1. The van der Waals surface area contributed by atoms with Gasteiger partial charge in [0.05, 0.1) is 11.4 Å². The molecule has 0 saturated carbocycles. The molecule has 37 heavy (non-hydrogen) atoms. The van der Waals surface area contributed by atoms with E-state index in [1.165, 1.54) is 16.7 Å². The maximum absolute atomic E-state index is 13.0. The van der Waals surface area contributed by atoms with E-state index in [1.807, 2.05) is 6.92 Å². The average Bonchev–Trinajstić information content (AvgIpc) is 2.79. The molecular weight excluding hydrogens is 500 g/mol. The van der Waals surface area contributed by atoms with Crippen molar-refractivity contribution in [3.63, 3.8) is 0 Å². The number of sulfonamides is 1. The Morgan fingerprint density at radius 2 is 1.73 bits per heavy atom. The van der Waals surface area contributed by atoms with E-state index in [4.69, 9.17) is 11.5 Å². The van der Waals surface area contributed by atoms with E-state index in [9.17, 15) is 27.9 Å². The fourth-order valence-corrected chi connectivity index (χ4v) is 5.63. The van der Waals surface area contributed by atoms with Crippen LogP contribution in [0, 0.1) is 20.8 Å². The quantitative estimate of drug-likeness (QED) is 0.191. The number of aliphatic carboxylic acids is 1. The molecule has 0 aliphatic carbocycles. The van der Waals surface area contributed by atoms with Crippen LogP contribution in [0.5, 0.6) is 0 Å². The Hall–Kier alpha value is -4.23. The van der Waals surface area contributed by atoms with Gasteiger partial charge in [0, 0.05) is 29.9 Å². The summed E-state index contributed by atoms with van der Waals surface area (Å²) in [5, 5.41) is 12.0. The molecule has 0 saturated heterocycles. The number of nitrogens with one attached hydrogen (secondary N) is 2. The van der Waals surface area contributed by atoms with Gasteiger partial charge in [0.25, 0.3) is 11.5 Å². The van der Waals surface area contributed by atoms with Gasteiger partial charge in [0.15, 0.2) is 5.96 Å². The van der Waals surface area contributed by atoms with Crippen molar-refractivity contribution in [2.24, 2.45) is 16.5 Å². The number of guanidine groups is 1. The van der Waals surface area contributed by atoms with Gasteiger partial charge in [0.2, 0.25) is 10.0 Å². The van der Waals surface area contributed by atoms with Crippen molar-refractivity contribution in [1.82, 2.24) is 14.4 Å². The highest BCUT2D eigenvalue weighted by molar-refractivity contribution is 7.89. The number of aromatic nitrogens is 1. The van der Waals surface area contributed by atoms with E-state index in [-0.39, 0.29) is 23.0 Å². The second-order valence-corrected chi connectivity index (χ2v) is 10.3. The Balaban J connectivity index is 1.79. The van der Waals surface area contributed by atoms with Crippen LogP contribution in [0.1, 0.15) is 32.6 Å². The van der Waals surface area contributed by atoms with Crippen LogP contribution in [0.4, 0.5) is 0 Å². The maximum atomic E-state index is 13.0. The summed E-state index contributed by atoms with van der Waals surface area (Å²) >= 11 is 0. The highest BCUT2D eigenvalue weighted by atomic mass is 32.2. The Kier molecular flexibility index (Phi) is 7.99. The molecule has 0 bridgehead atoms. The van der Waals surface area contributed by atoms with Gasteiger partial charge in [-0.05, 0) is 49.6 Å². The average molecular weight is 529 g/mol. The predicted octanol–water partition coefficient (Wildman–Crippen LogP) is 0.160. The molecule has 1 amide bonds. The number of carboxylic acid groups (broad SMARTS) is 1. The van der Waals surface area contributed by atoms with Gasteiger partial charge in [-0.25, -0.2) is 13.4 Å². The monoisotopic (exact) mass is 528 g/mol. The van der Waals surface area contributed by atoms with E-state index in [1.54, 1.807) is 38.1 Å². The van der Waals surface area contributed by atoms with E-state index in [0.717, 1.165) is 11.6 Å². The lowest BCUT2D eigenvalue weighted by Gasteiger charge is -2.18. The first-order chi connectivity index (χ1) is 17.3. The number of benzene rings is 1. The molecule has 196 valence electrons. The van der Waals surface area contributed by atoms with Crippen molar-refractivity contribution in [1.29, 1.82) is 0 Å². The second-order valence-electron chi connectivity index (χ2n) is 8.61. The summed E-state index contributed by atoms with van der Waals surface area (Å²) in [6.45, 7) is 4.68. The number of carboxylic acids is 1. The summed E-state index contributed by atoms with van der Waals surface area (Å²) in [4.78, 5) is 41.0. The topological polar surface area (TPSA) is 198 Å². The zero-order valence-corrected chi connectivity index (χ0v) is 21.3. The smallest absolute Gasteiger partial charge is 0.323 e. The number of carbonyl (C=O) groups is 2. The SMILES string of the molecule is Cc1cc(C)c(S(=O)(=O)NC(CNC(=O)c2cc(=O)n3cc(CN=C(N)N)ccc3c2)C(=O)O)c(C)c1. The number of fused-ring (bicyclic) bond motifs is 1. The van der Waals surface area contributed by atoms with Gasteiger partial charge in [-0.3, -0.25) is 18.8 Å². The highest BCUT2D eigenvalue weighted by Gasteiger charge is 2.28. The fourth-order valence-electron chi connectivity index (χ4n) is 3.99. The summed E-state index contributed by atoms with van der Waals surface area (Å²) in [5.41, 5.74) is 13.0. The first kappa shape index (κ1) is 27.4. The number of amides is 1. The second kappa shape index (κ2) is 10.8. The molecule has 12 nitrogen and oxygen atoms in total. The summed E-state index contributed by atoms with van der Waals surface area (Å²) in [6.07, 6.45) is 1.54. The molecule has 0 aliphatic rings. The van der Waals surface area contributed by atoms with Gasteiger partial charge >= 0.3 is 5.97 Å². The lowest BCUT2D eigenvalue weighted by Crippen LogP contribution is -2.48. The molecule has 7 N–H and O–H groups in total. The number of hydrogen-bond acceptors (Lipinski definition) is 6. The van der Waals surface area contributed by atoms with Gasteiger partial charge in [0.1, 0.15) is 6.04 Å². The van der Waals surface area contributed by atoms with Crippen LogP contribution in [0.2, 0.25) is 0 Å². The summed E-state index contributed by atoms with van der Waals surface area (Å²) in [5.74, 6) is -2.30. The highest BCUT2D eigenvalue weighted by Crippen LogP contribution is 2.22. The molecular formula is C24H28N6O6S. The molecule has 1 unspecified atom stereocenters. The number of aryl methyl sites for hydroxylation is 3. The lowest BCUT2D eigenvalue weighted by molar-refractivity contribution is -0.138. The standard InChI is InChI=1S/C24H28N6O6S/c1-13-6-14(2)21(15(3)7-13)37(35,36)29-19(23(33)34)11-27-22(32)17-8-18-5-4-16(10-28-24(25)26)12-30(18)20(31)9-17/h4-9,12,19,29H,10-11H2,1-3H3,(H,27,32)(H,33,34)(H4,25,26,28). The molecule has 1 aromatic carbocycles. The number of pyridine rings is 2. The minimum Gasteiger partial charge on any atom is -0.480 e. The van der Waals surface area contributed by atoms with E-state index in [2.05, 4.69) is 15.0 Å². The van der Waals surface area contributed by atoms with Crippen LogP contribution >= 0.6 is 0 Å². The van der Waals surface area contributed by atoms with Crippen LogP contribution in [-0.2, 0) is 21.4 Å². The van der Waals surface area contributed by atoms with Gasteiger partial charge in [-0.15, -0.1) is 0 Å². The number of hydrogen-bond donors (Lipinski definition) is 5. The molecule has 1 atom stereocenters. The minimum atomic E-state index is -4.21. The van der Waals surface area contributed by atoms with E-state index in [0.29, 0.717) is 22.2 Å². The minimum absolute atomic E-state index is 0.0146. The number of rotatable bonds is 9. The molecule has 0 fully saturated rings. The number of nitrogens with zero attached hydrogens (tertiary/aromatic N) is 2. The van der Waals surface area contributed by atoms with Crippen LogP contribution < -0.4 is 27.1 Å². The third kappa shape index (κ3) is 6.51. The molecule has 3 rings (SSSR count). The van der Waals surface area contributed by atoms with Crippen molar-refractivity contribution in [3.05, 3.63) is 80.8 Å². The zero-order chi connectivity index (χ0) is 27.5. The molecule has 0 radical (unpaired) electrons. The van der Waals surface area contributed by atoms with E-state index >= 15 is 0 Å². The van der Waals surface area contributed by atoms with Crippen LogP contribution in [0.25, 0.3) is 5.52 Å². The van der Waals surface area contributed by atoms with Crippen molar-refractivity contribution >= 4 is 33.4 Å². The Morgan fingerprint density at radius 3 is 2.32 bits per heavy atom. The van der Waals surface area contributed by atoms with Crippen LogP contribution in [0.15, 0.2) is 57.3 Å². The van der Waals surface area contributed by atoms with Gasteiger partial charge < -0.3 is 21.9 Å². The zero-order valence-electron chi connectivity index (χ0n) is 20.5. The Bertz CT molecular complexity index is 1550. The van der Waals surface area contributed by atoms with Crippen molar-refractivity contribution < 1.29 is 23.1 Å². The van der Waals surface area contributed by atoms with Gasteiger partial charge in [-0.1, -0.05) is 23.8 Å². The third-order valence-corrected chi connectivity index (χ3v) is 7.28. The predicted molar refractivity (Wildman–Crippen MR) is 138 cm³/mol. The Morgan fingerprint density at radius 1 is 1.08 bits per heavy atom. The van der Waals surface area contributed by atoms with Crippen molar-refractivity contribution in [2.75, 3.05) is 6.54 Å². The van der Waals surface area contributed by atoms with Crippen molar-refractivity contribution in [3.8, 4) is 0 Å².